The molecular weight excluding hydrogens is 278 g/mol. The smallest absolute Gasteiger partial charge is 0.180 e. The zero-order chi connectivity index (χ0) is 14.4. The molecule has 0 spiro atoms. The third-order valence-electron chi connectivity index (χ3n) is 4.20. The quantitative estimate of drug-likeness (QED) is 0.734. The van der Waals surface area contributed by atoms with E-state index < -0.39 is 0 Å². The number of nitrogens with zero attached hydrogens (tertiary/aromatic N) is 2. The molecule has 0 saturated heterocycles. The molecule has 0 bridgehead atoms. The summed E-state index contributed by atoms with van der Waals surface area (Å²) < 4.78 is 0. The maximum absolute atomic E-state index is 5.86. The zero-order valence-corrected chi connectivity index (χ0v) is 12.8. The summed E-state index contributed by atoms with van der Waals surface area (Å²) in [6.07, 6.45) is 4.64. The summed E-state index contributed by atoms with van der Waals surface area (Å²) in [6, 6.07) is 6.48. The molecule has 1 aliphatic carbocycles. The highest BCUT2D eigenvalue weighted by Crippen LogP contribution is 2.37. The predicted molar refractivity (Wildman–Crippen MR) is 88.6 cm³/mol. The highest BCUT2D eigenvalue weighted by Gasteiger charge is 2.20. The van der Waals surface area contributed by atoms with E-state index in [0.717, 1.165) is 24.1 Å². The molecule has 0 aliphatic heterocycles. The number of hydrogen-bond acceptors (Lipinski definition) is 4. The second-order valence-electron chi connectivity index (χ2n) is 5.71. The topological polar surface area (TPSA) is 51.8 Å². The number of anilines is 1. The van der Waals surface area contributed by atoms with E-state index in [1.165, 1.54) is 51.9 Å². The van der Waals surface area contributed by atoms with Crippen LogP contribution in [0.3, 0.4) is 0 Å². The van der Waals surface area contributed by atoms with Crippen molar-refractivity contribution in [2.75, 3.05) is 5.73 Å². The Bertz CT molecular complexity index is 835. The Morgan fingerprint density at radius 1 is 1.14 bits per heavy atom. The molecule has 0 atom stereocenters. The van der Waals surface area contributed by atoms with Gasteiger partial charge in [0.1, 0.15) is 0 Å². The van der Waals surface area contributed by atoms with Crippen LogP contribution >= 0.6 is 11.3 Å². The van der Waals surface area contributed by atoms with Gasteiger partial charge in [0, 0.05) is 22.0 Å². The van der Waals surface area contributed by atoms with Crippen LogP contribution in [0.4, 0.5) is 5.13 Å². The Balaban J connectivity index is 2.11. The average Bonchev–Trinajstić information content (AvgIpc) is 2.91. The number of nitrogen functional groups attached to an aromatic ring is 1. The molecule has 1 aromatic carbocycles. The lowest BCUT2D eigenvalue weighted by Gasteiger charge is -2.20. The Morgan fingerprint density at radius 3 is 2.81 bits per heavy atom. The zero-order valence-electron chi connectivity index (χ0n) is 12.0. The molecular formula is C17H17N3S. The lowest BCUT2D eigenvalue weighted by Crippen LogP contribution is -2.08. The standard InChI is InChI=1S/C17H17N3S/c1-10-6-7-14-12(8-10)16(15-9-21-17(18)20-15)11-4-2-3-5-13(11)19-14/h6-9H,2-5H2,1H3,(H2,18,20). The van der Waals surface area contributed by atoms with E-state index in [1.807, 2.05) is 0 Å². The minimum Gasteiger partial charge on any atom is -0.375 e. The summed E-state index contributed by atoms with van der Waals surface area (Å²) >= 11 is 1.51. The van der Waals surface area contributed by atoms with Crippen LogP contribution in [-0.4, -0.2) is 9.97 Å². The van der Waals surface area contributed by atoms with Crippen LogP contribution in [0.5, 0.6) is 0 Å². The van der Waals surface area contributed by atoms with Gasteiger partial charge in [0.2, 0.25) is 0 Å². The number of hydrogen-bond donors (Lipinski definition) is 1. The molecule has 2 heterocycles. The van der Waals surface area contributed by atoms with Gasteiger partial charge in [-0.3, -0.25) is 4.98 Å². The number of thiazole rings is 1. The van der Waals surface area contributed by atoms with Crippen LogP contribution in [-0.2, 0) is 12.8 Å². The molecule has 0 saturated carbocycles. The van der Waals surface area contributed by atoms with Crippen molar-refractivity contribution in [1.29, 1.82) is 0 Å². The van der Waals surface area contributed by atoms with Crippen LogP contribution in [0, 0.1) is 6.92 Å². The SMILES string of the molecule is Cc1ccc2nc3c(c(-c4csc(N)n4)c2c1)CCCC3. The summed E-state index contributed by atoms with van der Waals surface area (Å²) in [7, 11) is 0. The number of pyridine rings is 1. The van der Waals surface area contributed by atoms with Gasteiger partial charge in [0.05, 0.1) is 11.2 Å². The molecule has 3 aromatic rings. The van der Waals surface area contributed by atoms with E-state index in [4.69, 9.17) is 10.7 Å². The van der Waals surface area contributed by atoms with Gasteiger partial charge in [-0.25, -0.2) is 4.98 Å². The summed E-state index contributed by atoms with van der Waals surface area (Å²) in [5.41, 5.74) is 13.1. The largest absolute Gasteiger partial charge is 0.375 e. The first-order chi connectivity index (χ1) is 10.2. The average molecular weight is 295 g/mol. The Labute approximate surface area is 127 Å². The van der Waals surface area contributed by atoms with Crippen LogP contribution in [0.1, 0.15) is 29.7 Å². The number of aromatic nitrogens is 2. The van der Waals surface area contributed by atoms with Crippen LogP contribution in [0.2, 0.25) is 0 Å². The number of fused-ring (bicyclic) bond motifs is 2. The van der Waals surface area contributed by atoms with Crippen molar-refractivity contribution in [3.8, 4) is 11.3 Å². The van der Waals surface area contributed by atoms with Gasteiger partial charge in [-0.05, 0) is 50.3 Å². The van der Waals surface area contributed by atoms with Crippen molar-refractivity contribution < 1.29 is 0 Å². The Morgan fingerprint density at radius 2 is 2.00 bits per heavy atom. The first-order valence-electron chi connectivity index (χ1n) is 7.36. The molecule has 0 amide bonds. The van der Waals surface area contributed by atoms with Gasteiger partial charge in [-0.2, -0.15) is 0 Å². The maximum Gasteiger partial charge on any atom is 0.180 e. The van der Waals surface area contributed by atoms with Crippen molar-refractivity contribution >= 4 is 27.4 Å². The van der Waals surface area contributed by atoms with E-state index in [9.17, 15) is 0 Å². The Kier molecular flexibility index (Phi) is 2.93. The van der Waals surface area contributed by atoms with Crippen LogP contribution in [0.25, 0.3) is 22.2 Å². The minimum absolute atomic E-state index is 0.632. The number of nitrogens with two attached hydrogens (primary N) is 1. The van der Waals surface area contributed by atoms with Gasteiger partial charge in [-0.15, -0.1) is 11.3 Å². The lowest BCUT2D eigenvalue weighted by atomic mass is 9.88. The molecule has 4 heteroatoms. The molecule has 2 N–H and O–H groups in total. The van der Waals surface area contributed by atoms with E-state index in [1.54, 1.807) is 0 Å². The fraction of sp³-hybridized carbons (Fsp3) is 0.294. The first-order valence-corrected chi connectivity index (χ1v) is 8.24. The minimum atomic E-state index is 0.632. The maximum atomic E-state index is 5.86. The van der Waals surface area contributed by atoms with Gasteiger partial charge < -0.3 is 5.73 Å². The molecule has 2 aromatic heterocycles. The van der Waals surface area contributed by atoms with Crippen LogP contribution < -0.4 is 5.73 Å². The Hall–Kier alpha value is -1.94. The summed E-state index contributed by atoms with van der Waals surface area (Å²) in [5, 5.41) is 3.91. The molecule has 3 nitrogen and oxygen atoms in total. The van der Waals surface area contributed by atoms with Crippen molar-refractivity contribution in [2.45, 2.75) is 32.6 Å². The second kappa shape index (κ2) is 4.81. The van der Waals surface area contributed by atoms with Gasteiger partial charge >= 0.3 is 0 Å². The number of benzene rings is 1. The number of aryl methyl sites for hydroxylation is 2. The monoisotopic (exact) mass is 295 g/mol. The molecule has 21 heavy (non-hydrogen) atoms. The van der Waals surface area contributed by atoms with Crippen LogP contribution in [0.15, 0.2) is 23.6 Å². The number of rotatable bonds is 1. The normalized spacial score (nSPS) is 14.3. The van der Waals surface area contributed by atoms with E-state index in [2.05, 4.69) is 35.5 Å². The highest BCUT2D eigenvalue weighted by molar-refractivity contribution is 7.13. The summed E-state index contributed by atoms with van der Waals surface area (Å²) in [6.45, 7) is 2.12. The van der Waals surface area contributed by atoms with Crippen molar-refractivity contribution in [1.82, 2.24) is 9.97 Å². The van der Waals surface area contributed by atoms with E-state index >= 15 is 0 Å². The van der Waals surface area contributed by atoms with E-state index in [0.29, 0.717) is 5.13 Å². The third kappa shape index (κ3) is 2.10. The molecule has 0 radical (unpaired) electrons. The predicted octanol–water partition coefficient (Wildman–Crippen LogP) is 4.13. The van der Waals surface area contributed by atoms with Crippen molar-refractivity contribution in [3.05, 3.63) is 40.4 Å². The van der Waals surface area contributed by atoms with Gasteiger partial charge in [0.15, 0.2) is 5.13 Å². The fourth-order valence-corrected chi connectivity index (χ4v) is 3.79. The molecule has 106 valence electrons. The first kappa shape index (κ1) is 12.8. The van der Waals surface area contributed by atoms with E-state index in [-0.39, 0.29) is 0 Å². The summed E-state index contributed by atoms with van der Waals surface area (Å²) in [4.78, 5) is 9.43. The van der Waals surface area contributed by atoms with Crippen molar-refractivity contribution in [2.24, 2.45) is 0 Å². The third-order valence-corrected chi connectivity index (χ3v) is 4.87. The fourth-order valence-electron chi connectivity index (χ4n) is 3.23. The van der Waals surface area contributed by atoms with Gasteiger partial charge in [-0.1, -0.05) is 11.6 Å². The molecule has 0 fully saturated rings. The molecule has 0 unspecified atom stereocenters. The second-order valence-corrected chi connectivity index (χ2v) is 6.60. The molecule has 4 rings (SSSR count). The lowest BCUT2D eigenvalue weighted by molar-refractivity contribution is 0.672. The molecule has 1 aliphatic rings. The van der Waals surface area contributed by atoms with Crippen molar-refractivity contribution in [3.63, 3.8) is 0 Å². The summed E-state index contributed by atoms with van der Waals surface area (Å²) in [5.74, 6) is 0. The van der Waals surface area contributed by atoms with Gasteiger partial charge in [0.25, 0.3) is 0 Å². The highest BCUT2D eigenvalue weighted by atomic mass is 32.1.